The fourth-order valence-electron chi connectivity index (χ4n) is 1.04. The Bertz CT molecular complexity index is 274. The summed E-state index contributed by atoms with van der Waals surface area (Å²) in [5, 5.41) is 0. The number of rotatable bonds is 4. The lowest BCUT2D eigenvalue weighted by Gasteiger charge is -1.95. The molecule has 0 heterocycles. The van der Waals surface area contributed by atoms with E-state index >= 15 is 0 Å². The molecule has 0 saturated heterocycles. The summed E-state index contributed by atoms with van der Waals surface area (Å²) in [4.78, 5) is 10.3. The SMILES string of the molecule is C[C@@H](C=O)C/C=C/c1ccccc1. The van der Waals surface area contributed by atoms with Gasteiger partial charge in [-0.15, -0.1) is 0 Å². The number of hydrogen-bond donors (Lipinski definition) is 0. The summed E-state index contributed by atoms with van der Waals surface area (Å²) in [6.45, 7) is 1.92. The van der Waals surface area contributed by atoms with Crippen LogP contribution in [0, 0.1) is 5.92 Å². The lowest BCUT2D eigenvalue weighted by atomic mass is 10.1. The van der Waals surface area contributed by atoms with E-state index in [-0.39, 0.29) is 5.92 Å². The molecule has 0 aliphatic heterocycles. The molecule has 13 heavy (non-hydrogen) atoms. The maximum Gasteiger partial charge on any atom is 0.123 e. The van der Waals surface area contributed by atoms with E-state index in [2.05, 4.69) is 0 Å². The van der Waals surface area contributed by atoms with E-state index in [0.717, 1.165) is 12.7 Å². The first-order valence-corrected chi connectivity index (χ1v) is 4.50. The number of hydrogen-bond acceptors (Lipinski definition) is 1. The molecule has 68 valence electrons. The third-order valence-electron chi connectivity index (χ3n) is 1.85. The summed E-state index contributed by atoms with van der Waals surface area (Å²) in [6.07, 6.45) is 5.88. The van der Waals surface area contributed by atoms with Crippen LogP contribution in [0.3, 0.4) is 0 Å². The molecule has 1 rings (SSSR count). The van der Waals surface area contributed by atoms with Crippen molar-refractivity contribution in [1.29, 1.82) is 0 Å². The Morgan fingerprint density at radius 2 is 2.00 bits per heavy atom. The molecule has 1 nitrogen and oxygen atoms in total. The normalized spacial score (nSPS) is 13.0. The van der Waals surface area contributed by atoms with E-state index in [9.17, 15) is 4.79 Å². The second-order valence-corrected chi connectivity index (χ2v) is 3.16. The van der Waals surface area contributed by atoms with Gasteiger partial charge in [0, 0.05) is 5.92 Å². The fraction of sp³-hybridized carbons (Fsp3) is 0.250. The maximum absolute atomic E-state index is 10.3. The fourth-order valence-corrected chi connectivity index (χ4v) is 1.04. The quantitative estimate of drug-likeness (QED) is 0.641. The van der Waals surface area contributed by atoms with Crippen LogP contribution in [0.25, 0.3) is 6.08 Å². The first kappa shape index (κ1) is 9.72. The first-order chi connectivity index (χ1) is 6.33. The molecular weight excluding hydrogens is 160 g/mol. The van der Waals surface area contributed by atoms with Gasteiger partial charge in [0.1, 0.15) is 6.29 Å². The Hall–Kier alpha value is -1.37. The van der Waals surface area contributed by atoms with Gasteiger partial charge in [-0.05, 0) is 12.0 Å². The van der Waals surface area contributed by atoms with Gasteiger partial charge in [0.05, 0.1) is 0 Å². The topological polar surface area (TPSA) is 17.1 Å². The summed E-state index contributed by atoms with van der Waals surface area (Å²) in [6, 6.07) is 10.1. The van der Waals surface area contributed by atoms with Crippen LogP contribution in [0.15, 0.2) is 36.4 Å². The molecule has 1 aromatic carbocycles. The van der Waals surface area contributed by atoms with Gasteiger partial charge in [0.2, 0.25) is 0 Å². The number of aldehydes is 1. The van der Waals surface area contributed by atoms with Gasteiger partial charge < -0.3 is 4.79 Å². The standard InChI is InChI=1S/C12H14O/c1-11(10-13)6-5-9-12-7-3-2-4-8-12/h2-5,7-11H,6H2,1H3/b9-5+/t11-/m1/s1. The zero-order chi connectivity index (χ0) is 9.52. The average Bonchev–Trinajstić information content (AvgIpc) is 2.19. The summed E-state index contributed by atoms with van der Waals surface area (Å²) in [7, 11) is 0. The lowest BCUT2D eigenvalue weighted by Crippen LogP contribution is -1.91. The molecule has 0 bridgehead atoms. The molecule has 0 amide bonds. The first-order valence-electron chi connectivity index (χ1n) is 4.50. The van der Waals surface area contributed by atoms with Crippen molar-refractivity contribution in [3.8, 4) is 0 Å². The van der Waals surface area contributed by atoms with Crippen molar-refractivity contribution in [3.63, 3.8) is 0 Å². The Morgan fingerprint density at radius 3 is 2.62 bits per heavy atom. The second kappa shape index (κ2) is 5.31. The molecule has 0 unspecified atom stereocenters. The van der Waals surface area contributed by atoms with E-state index in [1.807, 2.05) is 49.4 Å². The van der Waals surface area contributed by atoms with Gasteiger partial charge in [-0.1, -0.05) is 49.4 Å². The molecular formula is C12H14O. The van der Waals surface area contributed by atoms with E-state index in [1.165, 1.54) is 5.56 Å². The minimum Gasteiger partial charge on any atom is -0.303 e. The van der Waals surface area contributed by atoms with Gasteiger partial charge in [-0.25, -0.2) is 0 Å². The largest absolute Gasteiger partial charge is 0.303 e. The summed E-state index contributed by atoms with van der Waals surface area (Å²) in [5.74, 6) is 0.125. The Kier molecular flexibility index (Phi) is 3.97. The maximum atomic E-state index is 10.3. The van der Waals surface area contributed by atoms with Crippen LogP contribution >= 0.6 is 0 Å². The van der Waals surface area contributed by atoms with E-state index < -0.39 is 0 Å². The molecule has 0 saturated carbocycles. The van der Waals surface area contributed by atoms with Crippen LogP contribution in [0.5, 0.6) is 0 Å². The molecule has 1 aromatic rings. The van der Waals surface area contributed by atoms with E-state index in [4.69, 9.17) is 0 Å². The van der Waals surface area contributed by atoms with Gasteiger partial charge in [0.15, 0.2) is 0 Å². The highest BCUT2D eigenvalue weighted by molar-refractivity contribution is 5.54. The van der Waals surface area contributed by atoms with E-state index in [1.54, 1.807) is 0 Å². The highest BCUT2D eigenvalue weighted by Crippen LogP contribution is 2.04. The molecule has 0 fully saturated rings. The van der Waals surface area contributed by atoms with E-state index in [0.29, 0.717) is 0 Å². The summed E-state index contributed by atoms with van der Waals surface area (Å²) < 4.78 is 0. The third kappa shape index (κ3) is 3.70. The number of carbonyl (C=O) groups excluding carboxylic acids is 1. The predicted octanol–water partition coefficient (Wildman–Crippen LogP) is 2.92. The van der Waals surface area contributed by atoms with Crippen molar-refractivity contribution in [2.45, 2.75) is 13.3 Å². The predicted molar refractivity (Wildman–Crippen MR) is 55.3 cm³/mol. The van der Waals surface area contributed by atoms with Crippen molar-refractivity contribution in [1.82, 2.24) is 0 Å². The second-order valence-electron chi connectivity index (χ2n) is 3.16. The van der Waals surface area contributed by atoms with Gasteiger partial charge in [-0.3, -0.25) is 0 Å². The summed E-state index contributed by atoms with van der Waals surface area (Å²) >= 11 is 0. The highest BCUT2D eigenvalue weighted by Gasteiger charge is 1.93. The van der Waals surface area contributed by atoms with Crippen LogP contribution in [0.1, 0.15) is 18.9 Å². The molecule has 0 aromatic heterocycles. The molecule has 1 heteroatoms. The van der Waals surface area contributed by atoms with Crippen molar-refractivity contribution in [2.24, 2.45) is 5.92 Å². The Labute approximate surface area is 79.1 Å². The molecule has 1 atom stereocenters. The van der Waals surface area contributed by atoms with Crippen LogP contribution < -0.4 is 0 Å². The number of benzene rings is 1. The molecule has 0 N–H and O–H groups in total. The monoisotopic (exact) mass is 174 g/mol. The van der Waals surface area contributed by atoms with Crippen LogP contribution in [0.2, 0.25) is 0 Å². The zero-order valence-corrected chi connectivity index (χ0v) is 7.81. The smallest absolute Gasteiger partial charge is 0.123 e. The van der Waals surface area contributed by atoms with Crippen molar-refractivity contribution in [3.05, 3.63) is 42.0 Å². The molecule has 0 aliphatic carbocycles. The number of carbonyl (C=O) groups is 1. The number of allylic oxidation sites excluding steroid dienone is 1. The van der Waals surface area contributed by atoms with Gasteiger partial charge in [0.25, 0.3) is 0 Å². The van der Waals surface area contributed by atoms with Crippen molar-refractivity contribution >= 4 is 12.4 Å². The summed E-state index contributed by atoms with van der Waals surface area (Å²) in [5.41, 5.74) is 1.18. The Balaban J connectivity index is 2.45. The van der Waals surface area contributed by atoms with Crippen LogP contribution in [0.4, 0.5) is 0 Å². The minimum absolute atomic E-state index is 0.125. The van der Waals surface area contributed by atoms with Crippen molar-refractivity contribution in [2.75, 3.05) is 0 Å². The van der Waals surface area contributed by atoms with Gasteiger partial charge in [-0.2, -0.15) is 0 Å². The van der Waals surface area contributed by atoms with Crippen LogP contribution in [-0.4, -0.2) is 6.29 Å². The average molecular weight is 174 g/mol. The zero-order valence-electron chi connectivity index (χ0n) is 7.81. The molecule has 0 radical (unpaired) electrons. The van der Waals surface area contributed by atoms with Crippen LogP contribution in [-0.2, 0) is 4.79 Å². The molecule has 0 spiro atoms. The Morgan fingerprint density at radius 1 is 1.31 bits per heavy atom. The van der Waals surface area contributed by atoms with Crippen molar-refractivity contribution < 1.29 is 4.79 Å². The molecule has 0 aliphatic rings. The highest BCUT2D eigenvalue weighted by atomic mass is 16.1. The third-order valence-corrected chi connectivity index (χ3v) is 1.85. The van der Waals surface area contributed by atoms with Gasteiger partial charge >= 0.3 is 0 Å². The lowest BCUT2D eigenvalue weighted by molar-refractivity contribution is -0.110. The minimum atomic E-state index is 0.125.